The molecular weight excluding hydrogens is 262 g/mol. The number of halogens is 4. The van der Waals surface area contributed by atoms with Crippen molar-refractivity contribution in [3.05, 3.63) is 47.3 Å². The lowest BCUT2D eigenvalue weighted by atomic mass is 10.2. The first kappa shape index (κ1) is 13.4. The number of anilines is 1. The molecular formula is C12H11F4N3. The molecule has 102 valence electrons. The molecule has 1 aromatic carbocycles. The van der Waals surface area contributed by atoms with Gasteiger partial charge in [0.05, 0.1) is 12.2 Å². The van der Waals surface area contributed by atoms with Crippen LogP contribution >= 0.6 is 0 Å². The molecule has 0 spiro atoms. The van der Waals surface area contributed by atoms with Gasteiger partial charge in [-0.1, -0.05) is 0 Å². The molecule has 2 aromatic rings. The minimum absolute atomic E-state index is 0.00454. The zero-order valence-corrected chi connectivity index (χ0v) is 10.1. The van der Waals surface area contributed by atoms with E-state index in [1.54, 1.807) is 10.7 Å². The van der Waals surface area contributed by atoms with Crippen molar-refractivity contribution < 1.29 is 17.6 Å². The fourth-order valence-electron chi connectivity index (χ4n) is 1.70. The third-order valence-corrected chi connectivity index (χ3v) is 2.66. The van der Waals surface area contributed by atoms with E-state index in [1.807, 2.05) is 6.92 Å². The predicted molar refractivity (Wildman–Crippen MR) is 61.5 cm³/mol. The number of aromatic nitrogens is 2. The van der Waals surface area contributed by atoms with Crippen molar-refractivity contribution in [3.8, 4) is 0 Å². The molecule has 19 heavy (non-hydrogen) atoms. The summed E-state index contributed by atoms with van der Waals surface area (Å²) in [5.41, 5.74) is -0.174. The van der Waals surface area contributed by atoms with E-state index in [1.165, 1.54) is 6.20 Å². The number of hydrogen-bond donors (Lipinski definition) is 1. The minimum Gasteiger partial charge on any atom is -0.374 e. The molecule has 0 radical (unpaired) electrons. The van der Waals surface area contributed by atoms with Gasteiger partial charge < -0.3 is 5.32 Å². The summed E-state index contributed by atoms with van der Waals surface area (Å²) >= 11 is 0. The van der Waals surface area contributed by atoms with E-state index in [9.17, 15) is 17.6 Å². The average Bonchev–Trinajstić information content (AvgIpc) is 2.84. The quantitative estimate of drug-likeness (QED) is 0.685. The topological polar surface area (TPSA) is 29.9 Å². The van der Waals surface area contributed by atoms with Crippen molar-refractivity contribution >= 4 is 5.69 Å². The Balaban J connectivity index is 2.25. The van der Waals surface area contributed by atoms with Gasteiger partial charge in [0.25, 0.3) is 0 Å². The van der Waals surface area contributed by atoms with Crippen LogP contribution in [-0.2, 0) is 13.1 Å². The molecule has 0 aliphatic carbocycles. The van der Waals surface area contributed by atoms with Gasteiger partial charge in [-0.15, -0.1) is 0 Å². The van der Waals surface area contributed by atoms with Gasteiger partial charge in [0.2, 0.25) is 0 Å². The molecule has 0 unspecified atom stereocenters. The Morgan fingerprint density at radius 1 is 1.16 bits per heavy atom. The van der Waals surface area contributed by atoms with Crippen LogP contribution < -0.4 is 5.32 Å². The molecule has 7 heteroatoms. The summed E-state index contributed by atoms with van der Waals surface area (Å²) in [7, 11) is 0. The monoisotopic (exact) mass is 273 g/mol. The second-order valence-corrected chi connectivity index (χ2v) is 3.84. The number of rotatable bonds is 4. The Morgan fingerprint density at radius 3 is 2.37 bits per heavy atom. The van der Waals surface area contributed by atoms with Gasteiger partial charge in [-0.05, 0) is 13.0 Å². The zero-order chi connectivity index (χ0) is 14.0. The largest absolute Gasteiger partial charge is 0.374 e. The van der Waals surface area contributed by atoms with Crippen LogP contribution in [0.5, 0.6) is 0 Å². The van der Waals surface area contributed by atoms with Gasteiger partial charge in [-0.2, -0.15) is 5.10 Å². The number of aryl methyl sites for hydroxylation is 1. The molecule has 0 atom stereocenters. The Morgan fingerprint density at radius 2 is 1.79 bits per heavy atom. The molecule has 0 saturated carbocycles. The van der Waals surface area contributed by atoms with E-state index in [0.29, 0.717) is 12.2 Å². The van der Waals surface area contributed by atoms with Crippen LogP contribution in [0.15, 0.2) is 18.3 Å². The molecule has 0 aliphatic rings. The first-order valence-electron chi connectivity index (χ1n) is 5.62. The van der Waals surface area contributed by atoms with Crippen molar-refractivity contribution in [2.24, 2.45) is 0 Å². The average molecular weight is 273 g/mol. The Bertz CT molecular complexity index is 569. The molecule has 1 aromatic heterocycles. The maximum Gasteiger partial charge on any atom is 0.185 e. The van der Waals surface area contributed by atoms with Crippen LogP contribution in [0.4, 0.5) is 23.2 Å². The van der Waals surface area contributed by atoms with Crippen molar-refractivity contribution in [1.82, 2.24) is 9.78 Å². The maximum absolute atomic E-state index is 13.4. The van der Waals surface area contributed by atoms with Gasteiger partial charge in [0.15, 0.2) is 23.3 Å². The summed E-state index contributed by atoms with van der Waals surface area (Å²) in [6, 6.07) is 1.81. The first-order chi connectivity index (χ1) is 9.04. The normalized spacial score (nSPS) is 10.8. The molecule has 0 amide bonds. The molecule has 0 saturated heterocycles. The third kappa shape index (κ3) is 2.54. The molecule has 3 nitrogen and oxygen atoms in total. The molecule has 1 N–H and O–H groups in total. The fraction of sp³-hybridized carbons (Fsp3) is 0.250. The van der Waals surface area contributed by atoms with E-state index >= 15 is 0 Å². The highest BCUT2D eigenvalue weighted by Gasteiger charge is 2.19. The second-order valence-electron chi connectivity index (χ2n) is 3.84. The number of nitrogens with one attached hydrogen (secondary N) is 1. The first-order valence-corrected chi connectivity index (χ1v) is 5.62. The van der Waals surface area contributed by atoms with Crippen molar-refractivity contribution in [2.45, 2.75) is 20.0 Å². The zero-order valence-electron chi connectivity index (χ0n) is 10.1. The van der Waals surface area contributed by atoms with Gasteiger partial charge in [-0.3, -0.25) is 4.68 Å². The van der Waals surface area contributed by atoms with Crippen molar-refractivity contribution in [2.75, 3.05) is 5.32 Å². The predicted octanol–water partition coefficient (Wildman–Crippen LogP) is 3.07. The fourth-order valence-corrected chi connectivity index (χ4v) is 1.70. The third-order valence-electron chi connectivity index (χ3n) is 2.66. The number of nitrogens with zero attached hydrogens (tertiary/aromatic N) is 2. The van der Waals surface area contributed by atoms with Crippen LogP contribution in [-0.4, -0.2) is 9.78 Å². The summed E-state index contributed by atoms with van der Waals surface area (Å²) in [4.78, 5) is 0. The second kappa shape index (κ2) is 5.29. The van der Waals surface area contributed by atoms with Crippen molar-refractivity contribution in [1.29, 1.82) is 0 Å². The smallest absolute Gasteiger partial charge is 0.185 e. The van der Waals surface area contributed by atoms with Crippen LogP contribution in [0.1, 0.15) is 12.6 Å². The summed E-state index contributed by atoms with van der Waals surface area (Å²) in [5.74, 6) is -5.77. The highest BCUT2D eigenvalue weighted by molar-refractivity contribution is 5.47. The highest BCUT2D eigenvalue weighted by atomic mass is 19.2. The van der Waals surface area contributed by atoms with Crippen LogP contribution in [0.3, 0.4) is 0 Å². The van der Waals surface area contributed by atoms with E-state index in [0.717, 1.165) is 0 Å². The Kier molecular flexibility index (Phi) is 3.73. The summed E-state index contributed by atoms with van der Waals surface area (Å²) in [5, 5.41) is 6.32. The summed E-state index contributed by atoms with van der Waals surface area (Å²) in [6.07, 6.45) is 1.53. The van der Waals surface area contributed by atoms with Gasteiger partial charge in [-0.25, -0.2) is 17.6 Å². The molecule has 2 rings (SSSR count). The summed E-state index contributed by atoms with van der Waals surface area (Å²) in [6.45, 7) is 2.43. The number of hydrogen-bond acceptors (Lipinski definition) is 2. The molecule has 0 aliphatic heterocycles. The van der Waals surface area contributed by atoms with E-state index < -0.39 is 29.0 Å². The Labute approximate surface area is 106 Å². The van der Waals surface area contributed by atoms with Gasteiger partial charge >= 0.3 is 0 Å². The van der Waals surface area contributed by atoms with Crippen LogP contribution in [0.2, 0.25) is 0 Å². The lowest BCUT2D eigenvalue weighted by molar-refractivity contribution is 0.458. The molecule has 0 bridgehead atoms. The SMILES string of the molecule is CCn1nccc1CNc1c(F)c(F)cc(F)c1F. The van der Waals surface area contributed by atoms with E-state index in [4.69, 9.17) is 0 Å². The summed E-state index contributed by atoms with van der Waals surface area (Å²) < 4.78 is 54.4. The molecule has 0 fully saturated rings. The lowest BCUT2D eigenvalue weighted by Crippen LogP contribution is -2.11. The molecule has 1 heterocycles. The van der Waals surface area contributed by atoms with Crippen LogP contribution in [0, 0.1) is 23.3 Å². The standard InChI is InChI=1S/C12H11F4N3/c1-2-19-7(3-4-18-19)6-17-12-10(15)8(13)5-9(14)11(12)16/h3-5,17H,2,6H2,1H3. The number of benzene rings is 1. The Hall–Kier alpha value is -2.05. The van der Waals surface area contributed by atoms with E-state index in [-0.39, 0.29) is 12.6 Å². The van der Waals surface area contributed by atoms with Gasteiger partial charge in [0.1, 0.15) is 5.69 Å². The van der Waals surface area contributed by atoms with Crippen LogP contribution in [0.25, 0.3) is 0 Å². The maximum atomic E-state index is 13.4. The van der Waals surface area contributed by atoms with Crippen molar-refractivity contribution in [3.63, 3.8) is 0 Å². The highest BCUT2D eigenvalue weighted by Crippen LogP contribution is 2.24. The van der Waals surface area contributed by atoms with Gasteiger partial charge in [0, 0.05) is 18.8 Å². The lowest BCUT2D eigenvalue weighted by Gasteiger charge is -2.10. The minimum atomic E-state index is -1.44. The van der Waals surface area contributed by atoms with E-state index in [2.05, 4.69) is 10.4 Å².